The lowest BCUT2D eigenvalue weighted by molar-refractivity contribution is 0.131. The molecule has 5 nitrogen and oxygen atoms in total. The van der Waals surface area contributed by atoms with Gasteiger partial charge in [0.2, 0.25) is 0 Å². The number of aliphatic imine (C=N–C) groups is 1. The molecule has 1 aromatic rings. The highest BCUT2D eigenvalue weighted by molar-refractivity contribution is 5.80. The molecule has 1 atom stereocenters. The molecule has 0 aromatic heterocycles. The molecule has 0 radical (unpaired) electrons. The Kier molecular flexibility index (Phi) is 7.96. The Morgan fingerprint density at radius 2 is 2.00 bits per heavy atom. The third-order valence-corrected chi connectivity index (χ3v) is 6.78. The molecule has 162 valence electrons. The van der Waals surface area contributed by atoms with E-state index in [0.29, 0.717) is 13.2 Å². The van der Waals surface area contributed by atoms with Crippen LogP contribution in [0.5, 0.6) is 0 Å². The number of ether oxygens (including phenoxy) is 1. The van der Waals surface area contributed by atoms with Gasteiger partial charge in [0.1, 0.15) is 0 Å². The molecular weight excluding hydrogens is 362 g/mol. The summed E-state index contributed by atoms with van der Waals surface area (Å²) in [4.78, 5) is 4.92. The van der Waals surface area contributed by atoms with Gasteiger partial charge in [-0.2, -0.15) is 0 Å². The van der Waals surface area contributed by atoms with Crippen molar-refractivity contribution in [1.29, 1.82) is 0 Å². The van der Waals surface area contributed by atoms with Gasteiger partial charge in [-0.15, -0.1) is 0 Å². The normalized spacial score (nSPS) is 24.4. The standard InChI is InChI=1S/C24H39N3O2/c1-3-25-22(26-17-23(12-14-28)13-15-29-19-23)27-18-24(10-5-4-6-11-24)21-9-7-8-20(2)16-21/h7-9,16,28H,3-6,10-15,17-19H2,1-2H3,(H2,25,26,27). The second-order valence-corrected chi connectivity index (χ2v) is 9.04. The van der Waals surface area contributed by atoms with Gasteiger partial charge in [-0.1, -0.05) is 49.1 Å². The van der Waals surface area contributed by atoms with Crippen molar-refractivity contribution < 1.29 is 9.84 Å². The molecule has 1 aliphatic carbocycles. The van der Waals surface area contributed by atoms with E-state index in [1.807, 2.05) is 0 Å². The van der Waals surface area contributed by atoms with Gasteiger partial charge in [-0.3, -0.25) is 4.99 Å². The summed E-state index contributed by atoms with van der Waals surface area (Å²) in [7, 11) is 0. The maximum atomic E-state index is 9.48. The molecule has 1 saturated heterocycles. The highest BCUT2D eigenvalue weighted by atomic mass is 16.5. The van der Waals surface area contributed by atoms with Crippen LogP contribution in [0.1, 0.15) is 63.0 Å². The molecule has 1 aromatic carbocycles. The molecule has 3 N–H and O–H groups in total. The smallest absolute Gasteiger partial charge is 0.191 e. The number of aliphatic hydroxyl groups is 1. The van der Waals surface area contributed by atoms with Gasteiger partial charge in [-0.05, 0) is 45.1 Å². The summed E-state index contributed by atoms with van der Waals surface area (Å²) in [5.74, 6) is 0.884. The van der Waals surface area contributed by atoms with Crippen LogP contribution in [0.4, 0.5) is 0 Å². The van der Waals surface area contributed by atoms with Crippen molar-refractivity contribution in [2.24, 2.45) is 10.4 Å². The number of nitrogens with one attached hydrogen (secondary N) is 2. The number of hydrogen-bond acceptors (Lipinski definition) is 3. The van der Waals surface area contributed by atoms with E-state index >= 15 is 0 Å². The molecule has 5 heteroatoms. The summed E-state index contributed by atoms with van der Waals surface area (Å²) in [6.45, 7) is 8.40. The molecule has 3 rings (SSSR count). The Morgan fingerprint density at radius 1 is 1.17 bits per heavy atom. The molecule has 2 aliphatic rings. The van der Waals surface area contributed by atoms with Crippen molar-refractivity contribution in [3.63, 3.8) is 0 Å². The largest absolute Gasteiger partial charge is 0.396 e. The molecule has 0 spiro atoms. The SMILES string of the molecule is CCNC(=NCC1(CCO)CCOC1)NCC1(c2cccc(C)c2)CCCCC1. The lowest BCUT2D eigenvalue weighted by Gasteiger charge is -2.38. The van der Waals surface area contributed by atoms with Crippen molar-refractivity contribution in [1.82, 2.24) is 10.6 Å². The Morgan fingerprint density at radius 3 is 2.66 bits per heavy atom. The second-order valence-electron chi connectivity index (χ2n) is 9.04. The lowest BCUT2D eigenvalue weighted by atomic mass is 9.69. The summed E-state index contributed by atoms with van der Waals surface area (Å²) in [6.07, 6.45) is 8.11. The molecule has 1 saturated carbocycles. The Bertz CT molecular complexity index is 662. The van der Waals surface area contributed by atoms with Crippen LogP contribution in [-0.2, 0) is 10.2 Å². The minimum Gasteiger partial charge on any atom is -0.396 e. The summed E-state index contributed by atoms with van der Waals surface area (Å²) >= 11 is 0. The van der Waals surface area contributed by atoms with E-state index in [4.69, 9.17) is 9.73 Å². The van der Waals surface area contributed by atoms with E-state index in [2.05, 4.69) is 48.7 Å². The number of aliphatic hydroxyl groups excluding tert-OH is 1. The topological polar surface area (TPSA) is 65.9 Å². The zero-order valence-electron chi connectivity index (χ0n) is 18.3. The van der Waals surface area contributed by atoms with E-state index in [1.165, 1.54) is 43.2 Å². The number of nitrogens with zero attached hydrogens (tertiary/aromatic N) is 1. The van der Waals surface area contributed by atoms with E-state index in [1.54, 1.807) is 0 Å². The van der Waals surface area contributed by atoms with Gasteiger partial charge in [0, 0.05) is 37.1 Å². The van der Waals surface area contributed by atoms with Crippen molar-refractivity contribution in [2.75, 3.05) is 39.5 Å². The molecule has 2 fully saturated rings. The fraction of sp³-hybridized carbons (Fsp3) is 0.708. The zero-order chi connectivity index (χ0) is 20.6. The average Bonchev–Trinajstić information content (AvgIpc) is 3.20. The fourth-order valence-corrected chi connectivity index (χ4v) is 4.90. The first-order valence-corrected chi connectivity index (χ1v) is 11.4. The van der Waals surface area contributed by atoms with Crippen LogP contribution in [0.15, 0.2) is 29.3 Å². The molecule has 29 heavy (non-hydrogen) atoms. The molecular formula is C24H39N3O2. The summed E-state index contributed by atoms with van der Waals surface area (Å²) in [5.41, 5.74) is 2.96. The summed E-state index contributed by atoms with van der Waals surface area (Å²) < 4.78 is 5.62. The number of guanidine groups is 1. The number of benzene rings is 1. The van der Waals surface area contributed by atoms with Crippen LogP contribution >= 0.6 is 0 Å². The van der Waals surface area contributed by atoms with Crippen LogP contribution in [-0.4, -0.2) is 50.5 Å². The van der Waals surface area contributed by atoms with Crippen molar-refractivity contribution in [2.45, 2.75) is 64.2 Å². The monoisotopic (exact) mass is 401 g/mol. The van der Waals surface area contributed by atoms with Crippen LogP contribution in [0.3, 0.4) is 0 Å². The average molecular weight is 402 g/mol. The molecule has 1 aliphatic heterocycles. The predicted molar refractivity (Wildman–Crippen MR) is 119 cm³/mol. The first kappa shape index (κ1) is 22.1. The number of rotatable bonds is 8. The minimum absolute atomic E-state index is 0.0177. The minimum atomic E-state index is -0.0177. The Hall–Kier alpha value is -1.59. The molecule has 0 bridgehead atoms. The summed E-state index contributed by atoms with van der Waals surface area (Å²) in [5, 5.41) is 16.6. The summed E-state index contributed by atoms with van der Waals surface area (Å²) in [6, 6.07) is 9.04. The predicted octanol–water partition coefficient (Wildman–Crippen LogP) is 3.54. The van der Waals surface area contributed by atoms with Gasteiger partial charge in [0.05, 0.1) is 13.2 Å². The third kappa shape index (κ3) is 5.73. The first-order chi connectivity index (χ1) is 14.1. The van der Waals surface area contributed by atoms with Crippen LogP contribution in [0.2, 0.25) is 0 Å². The van der Waals surface area contributed by atoms with Gasteiger partial charge < -0.3 is 20.5 Å². The van der Waals surface area contributed by atoms with E-state index < -0.39 is 0 Å². The van der Waals surface area contributed by atoms with Gasteiger partial charge >= 0.3 is 0 Å². The fourth-order valence-electron chi connectivity index (χ4n) is 4.90. The van der Waals surface area contributed by atoms with Crippen molar-refractivity contribution >= 4 is 5.96 Å². The zero-order valence-corrected chi connectivity index (χ0v) is 18.3. The molecule has 0 amide bonds. The molecule has 1 unspecified atom stereocenters. The van der Waals surface area contributed by atoms with Gasteiger partial charge in [0.25, 0.3) is 0 Å². The third-order valence-electron chi connectivity index (χ3n) is 6.78. The van der Waals surface area contributed by atoms with E-state index in [0.717, 1.165) is 38.5 Å². The van der Waals surface area contributed by atoms with Crippen molar-refractivity contribution in [3.8, 4) is 0 Å². The highest BCUT2D eigenvalue weighted by Crippen LogP contribution is 2.39. The quantitative estimate of drug-likeness (QED) is 0.460. The van der Waals surface area contributed by atoms with E-state index in [-0.39, 0.29) is 17.4 Å². The second kappa shape index (κ2) is 10.4. The highest BCUT2D eigenvalue weighted by Gasteiger charge is 2.36. The first-order valence-electron chi connectivity index (χ1n) is 11.4. The maximum Gasteiger partial charge on any atom is 0.191 e. The van der Waals surface area contributed by atoms with Crippen LogP contribution in [0.25, 0.3) is 0 Å². The molecule has 1 heterocycles. The van der Waals surface area contributed by atoms with Gasteiger partial charge in [-0.25, -0.2) is 0 Å². The number of hydrogen-bond donors (Lipinski definition) is 3. The maximum absolute atomic E-state index is 9.48. The Labute approximate surface area is 176 Å². The van der Waals surface area contributed by atoms with Crippen molar-refractivity contribution in [3.05, 3.63) is 35.4 Å². The van der Waals surface area contributed by atoms with E-state index in [9.17, 15) is 5.11 Å². The van der Waals surface area contributed by atoms with Gasteiger partial charge in [0.15, 0.2) is 5.96 Å². The number of aryl methyl sites for hydroxylation is 1. The Balaban J connectivity index is 1.73. The van der Waals surface area contributed by atoms with Crippen LogP contribution in [0, 0.1) is 12.3 Å². The lowest BCUT2D eigenvalue weighted by Crippen LogP contribution is -2.47. The van der Waals surface area contributed by atoms with Crippen LogP contribution < -0.4 is 10.6 Å².